The highest BCUT2D eigenvalue weighted by Crippen LogP contribution is 2.08. The molecular formula is C9H13NO. The summed E-state index contributed by atoms with van der Waals surface area (Å²) < 4.78 is 0. The molecule has 0 fully saturated rings. The maximum atomic E-state index is 11.0. The van der Waals surface area contributed by atoms with E-state index < -0.39 is 0 Å². The monoisotopic (exact) mass is 151 g/mol. The van der Waals surface area contributed by atoms with Gasteiger partial charge in [0.2, 0.25) is 5.91 Å². The number of hydrogen-bond donors (Lipinski definition) is 1. The summed E-state index contributed by atoms with van der Waals surface area (Å²) in [6.07, 6.45) is 9.45. The predicted octanol–water partition coefficient (Wildman–Crippen LogP) is 1.40. The van der Waals surface area contributed by atoms with Gasteiger partial charge >= 0.3 is 0 Å². The van der Waals surface area contributed by atoms with Gasteiger partial charge in [-0.2, -0.15) is 0 Å². The maximum absolute atomic E-state index is 11.0. The van der Waals surface area contributed by atoms with Gasteiger partial charge in [-0.05, 0) is 25.8 Å². The number of carbonyl (C=O) groups excluding carboxylic acids is 1. The van der Waals surface area contributed by atoms with E-state index in [1.165, 1.54) is 0 Å². The summed E-state index contributed by atoms with van der Waals surface area (Å²) in [5.74, 6) is 0.0150. The summed E-state index contributed by atoms with van der Waals surface area (Å²) in [5.41, 5.74) is 0. The van der Waals surface area contributed by atoms with E-state index in [2.05, 4.69) is 17.5 Å². The van der Waals surface area contributed by atoms with Crippen molar-refractivity contribution in [3.05, 3.63) is 24.3 Å². The lowest BCUT2D eigenvalue weighted by atomic mass is 10.2. The van der Waals surface area contributed by atoms with E-state index in [1.807, 2.05) is 6.92 Å². The third-order valence-electron chi connectivity index (χ3n) is 1.67. The van der Waals surface area contributed by atoms with Crippen molar-refractivity contribution >= 4 is 5.91 Å². The minimum atomic E-state index is 0.0150. The van der Waals surface area contributed by atoms with Gasteiger partial charge in [0.25, 0.3) is 0 Å². The van der Waals surface area contributed by atoms with Crippen LogP contribution in [0.2, 0.25) is 0 Å². The molecule has 0 heterocycles. The zero-order valence-electron chi connectivity index (χ0n) is 6.71. The Balaban J connectivity index is 2.25. The number of rotatable bonds is 2. The van der Waals surface area contributed by atoms with Crippen LogP contribution in [0.25, 0.3) is 0 Å². The van der Waals surface area contributed by atoms with Crippen molar-refractivity contribution < 1.29 is 4.79 Å². The highest BCUT2D eigenvalue weighted by molar-refractivity contribution is 5.87. The smallest absolute Gasteiger partial charge is 0.243 e. The molecule has 1 aliphatic rings. The first-order valence-electron chi connectivity index (χ1n) is 3.91. The van der Waals surface area contributed by atoms with Gasteiger partial charge in [-0.25, -0.2) is 0 Å². The number of allylic oxidation sites excluding steroid dienone is 1. The van der Waals surface area contributed by atoms with Crippen LogP contribution in [0.1, 0.15) is 19.8 Å². The Hall–Kier alpha value is -1.05. The van der Waals surface area contributed by atoms with E-state index in [1.54, 1.807) is 12.2 Å². The second-order valence-corrected chi connectivity index (χ2v) is 2.65. The van der Waals surface area contributed by atoms with Crippen molar-refractivity contribution in [2.24, 2.45) is 0 Å². The van der Waals surface area contributed by atoms with Gasteiger partial charge in [-0.1, -0.05) is 18.2 Å². The van der Waals surface area contributed by atoms with E-state index >= 15 is 0 Å². The van der Waals surface area contributed by atoms with Crippen LogP contribution < -0.4 is 5.32 Å². The first kappa shape index (κ1) is 8.05. The zero-order chi connectivity index (χ0) is 8.10. The lowest BCUT2D eigenvalue weighted by Crippen LogP contribution is -2.31. The molecule has 0 saturated heterocycles. The standard InChI is InChI=1S/C9H13NO/c1-2-5-9(11)10-8-6-3-4-7-8/h2-5,8H,6-7H2,1H3,(H,10,11)/b5-2+. The largest absolute Gasteiger partial charge is 0.349 e. The van der Waals surface area contributed by atoms with Crippen LogP contribution in [-0.2, 0) is 4.79 Å². The Kier molecular flexibility index (Phi) is 2.90. The first-order chi connectivity index (χ1) is 5.33. The van der Waals surface area contributed by atoms with E-state index in [4.69, 9.17) is 0 Å². The molecule has 0 aromatic rings. The average molecular weight is 151 g/mol. The molecule has 0 saturated carbocycles. The number of amides is 1. The minimum Gasteiger partial charge on any atom is -0.349 e. The third-order valence-corrected chi connectivity index (χ3v) is 1.67. The van der Waals surface area contributed by atoms with E-state index in [9.17, 15) is 4.79 Å². The summed E-state index contributed by atoms with van der Waals surface area (Å²) in [6.45, 7) is 1.84. The molecule has 1 rings (SSSR count). The van der Waals surface area contributed by atoms with Crippen molar-refractivity contribution in [1.82, 2.24) is 5.32 Å². The molecule has 2 heteroatoms. The van der Waals surface area contributed by atoms with Gasteiger partial charge in [0.15, 0.2) is 0 Å². The van der Waals surface area contributed by atoms with E-state index in [-0.39, 0.29) is 5.91 Å². The van der Waals surface area contributed by atoms with Crippen molar-refractivity contribution in [2.45, 2.75) is 25.8 Å². The molecule has 0 spiro atoms. The molecule has 0 aliphatic heterocycles. The normalized spacial score (nSPS) is 17.9. The second-order valence-electron chi connectivity index (χ2n) is 2.65. The fourth-order valence-corrected chi connectivity index (χ4v) is 1.14. The molecule has 60 valence electrons. The Morgan fingerprint density at radius 2 is 2.18 bits per heavy atom. The Labute approximate surface area is 67.0 Å². The van der Waals surface area contributed by atoms with Crippen LogP contribution in [0, 0.1) is 0 Å². The molecule has 0 aromatic carbocycles. The van der Waals surface area contributed by atoms with Crippen LogP contribution in [0.4, 0.5) is 0 Å². The molecule has 0 aromatic heterocycles. The maximum Gasteiger partial charge on any atom is 0.243 e. The van der Waals surface area contributed by atoms with Gasteiger partial charge < -0.3 is 5.32 Å². The van der Waals surface area contributed by atoms with Gasteiger partial charge in [-0.3, -0.25) is 4.79 Å². The minimum absolute atomic E-state index is 0.0150. The van der Waals surface area contributed by atoms with Crippen molar-refractivity contribution in [1.29, 1.82) is 0 Å². The Morgan fingerprint density at radius 1 is 1.55 bits per heavy atom. The van der Waals surface area contributed by atoms with Gasteiger partial charge in [-0.15, -0.1) is 0 Å². The Morgan fingerprint density at radius 3 is 2.73 bits per heavy atom. The topological polar surface area (TPSA) is 29.1 Å². The lowest BCUT2D eigenvalue weighted by Gasteiger charge is -2.08. The molecule has 0 unspecified atom stereocenters. The molecule has 2 nitrogen and oxygen atoms in total. The highest BCUT2D eigenvalue weighted by Gasteiger charge is 2.10. The lowest BCUT2D eigenvalue weighted by molar-refractivity contribution is -0.117. The van der Waals surface area contributed by atoms with Gasteiger partial charge in [0.05, 0.1) is 0 Å². The van der Waals surface area contributed by atoms with E-state index in [0.29, 0.717) is 6.04 Å². The summed E-state index contributed by atoms with van der Waals surface area (Å²) >= 11 is 0. The van der Waals surface area contributed by atoms with Crippen LogP contribution in [0.5, 0.6) is 0 Å². The number of carbonyl (C=O) groups is 1. The molecule has 1 N–H and O–H groups in total. The summed E-state index contributed by atoms with van der Waals surface area (Å²) in [7, 11) is 0. The first-order valence-corrected chi connectivity index (χ1v) is 3.91. The summed E-state index contributed by atoms with van der Waals surface area (Å²) in [6, 6.07) is 0.332. The van der Waals surface area contributed by atoms with Crippen molar-refractivity contribution in [3.63, 3.8) is 0 Å². The fraction of sp³-hybridized carbons (Fsp3) is 0.444. The molecule has 1 aliphatic carbocycles. The molecule has 1 amide bonds. The number of hydrogen-bond acceptors (Lipinski definition) is 1. The van der Waals surface area contributed by atoms with Crippen molar-refractivity contribution in [2.75, 3.05) is 0 Å². The third kappa shape index (κ3) is 2.58. The van der Waals surface area contributed by atoms with Crippen LogP contribution in [0.3, 0.4) is 0 Å². The number of nitrogens with one attached hydrogen (secondary N) is 1. The zero-order valence-corrected chi connectivity index (χ0v) is 6.71. The van der Waals surface area contributed by atoms with Crippen LogP contribution >= 0.6 is 0 Å². The van der Waals surface area contributed by atoms with Crippen LogP contribution in [0.15, 0.2) is 24.3 Å². The molecule has 0 radical (unpaired) electrons. The Bertz CT molecular complexity index is 186. The molecule has 0 bridgehead atoms. The predicted molar refractivity (Wildman–Crippen MR) is 45.1 cm³/mol. The van der Waals surface area contributed by atoms with Crippen LogP contribution in [-0.4, -0.2) is 11.9 Å². The summed E-state index contributed by atoms with van der Waals surface area (Å²) in [4.78, 5) is 11.0. The van der Waals surface area contributed by atoms with Gasteiger partial charge in [0, 0.05) is 6.04 Å². The summed E-state index contributed by atoms with van der Waals surface area (Å²) in [5, 5.41) is 2.89. The SMILES string of the molecule is C/C=C/C(=O)NC1CC=CC1. The average Bonchev–Trinajstić information content (AvgIpc) is 2.40. The quantitative estimate of drug-likeness (QED) is 0.469. The molecular weight excluding hydrogens is 138 g/mol. The second kappa shape index (κ2) is 3.96. The fourth-order valence-electron chi connectivity index (χ4n) is 1.14. The van der Waals surface area contributed by atoms with E-state index in [0.717, 1.165) is 12.8 Å². The molecule has 11 heavy (non-hydrogen) atoms. The highest BCUT2D eigenvalue weighted by atomic mass is 16.1. The molecule has 0 atom stereocenters. The van der Waals surface area contributed by atoms with Gasteiger partial charge in [0.1, 0.15) is 0 Å². The van der Waals surface area contributed by atoms with Crippen molar-refractivity contribution in [3.8, 4) is 0 Å².